The summed E-state index contributed by atoms with van der Waals surface area (Å²) in [5.74, 6) is -0.221. The van der Waals surface area contributed by atoms with Gasteiger partial charge in [0.15, 0.2) is 0 Å². The minimum atomic E-state index is -0.221. The standard InChI is InChI=1S/C13H15FN2S/c1-9(15)2-7-13-16-12(8-17-13)10-3-5-11(14)6-4-10/h3-6,8-9H,2,7,15H2,1H3. The van der Waals surface area contributed by atoms with Crippen LogP contribution >= 0.6 is 11.3 Å². The maximum atomic E-state index is 12.8. The lowest BCUT2D eigenvalue weighted by Crippen LogP contribution is -2.15. The van der Waals surface area contributed by atoms with Crippen molar-refractivity contribution in [1.29, 1.82) is 0 Å². The van der Waals surface area contributed by atoms with Gasteiger partial charge in [-0.2, -0.15) is 0 Å². The Kier molecular flexibility index (Phi) is 3.86. The predicted molar refractivity (Wildman–Crippen MR) is 69.5 cm³/mol. The molecule has 2 aromatic rings. The Labute approximate surface area is 104 Å². The number of benzene rings is 1. The maximum Gasteiger partial charge on any atom is 0.123 e. The van der Waals surface area contributed by atoms with Crippen LogP contribution in [0.4, 0.5) is 4.39 Å². The molecule has 17 heavy (non-hydrogen) atoms. The molecule has 0 spiro atoms. The lowest BCUT2D eigenvalue weighted by atomic mass is 10.2. The van der Waals surface area contributed by atoms with Gasteiger partial charge in [0, 0.05) is 23.4 Å². The Morgan fingerprint density at radius 2 is 2.06 bits per heavy atom. The molecule has 90 valence electrons. The van der Waals surface area contributed by atoms with Gasteiger partial charge in [0.05, 0.1) is 10.7 Å². The van der Waals surface area contributed by atoms with E-state index in [4.69, 9.17) is 5.73 Å². The van der Waals surface area contributed by atoms with Crippen LogP contribution in [-0.4, -0.2) is 11.0 Å². The molecular weight excluding hydrogens is 235 g/mol. The highest BCUT2D eigenvalue weighted by atomic mass is 32.1. The fraction of sp³-hybridized carbons (Fsp3) is 0.308. The molecule has 0 radical (unpaired) electrons. The van der Waals surface area contributed by atoms with Crippen molar-refractivity contribution in [3.63, 3.8) is 0 Å². The van der Waals surface area contributed by atoms with Crippen LogP contribution in [0.2, 0.25) is 0 Å². The lowest BCUT2D eigenvalue weighted by Gasteiger charge is -2.01. The quantitative estimate of drug-likeness (QED) is 0.904. The first-order valence-corrected chi connectivity index (χ1v) is 6.49. The summed E-state index contributed by atoms with van der Waals surface area (Å²) in [5, 5.41) is 3.09. The fourth-order valence-corrected chi connectivity index (χ4v) is 2.35. The number of nitrogens with two attached hydrogens (primary N) is 1. The molecule has 0 aliphatic rings. The minimum absolute atomic E-state index is 0.202. The highest BCUT2D eigenvalue weighted by Crippen LogP contribution is 2.22. The van der Waals surface area contributed by atoms with Gasteiger partial charge in [0.2, 0.25) is 0 Å². The summed E-state index contributed by atoms with van der Waals surface area (Å²) in [5.41, 5.74) is 7.58. The highest BCUT2D eigenvalue weighted by Gasteiger charge is 2.05. The molecule has 1 aromatic carbocycles. The van der Waals surface area contributed by atoms with Gasteiger partial charge in [-0.25, -0.2) is 9.37 Å². The number of rotatable bonds is 4. The molecule has 2 rings (SSSR count). The number of nitrogens with zero attached hydrogens (tertiary/aromatic N) is 1. The third-order valence-corrected chi connectivity index (χ3v) is 3.41. The van der Waals surface area contributed by atoms with Gasteiger partial charge >= 0.3 is 0 Å². The summed E-state index contributed by atoms with van der Waals surface area (Å²) >= 11 is 1.63. The van der Waals surface area contributed by atoms with E-state index in [9.17, 15) is 4.39 Å². The van der Waals surface area contributed by atoms with Crippen LogP contribution in [0.1, 0.15) is 18.4 Å². The Morgan fingerprint density at radius 1 is 1.35 bits per heavy atom. The van der Waals surface area contributed by atoms with Crippen molar-refractivity contribution in [2.75, 3.05) is 0 Å². The molecule has 1 heterocycles. The summed E-state index contributed by atoms with van der Waals surface area (Å²) in [6.07, 6.45) is 1.85. The van der Waals surface area contributed by atoms with E-state index in [1.165, 1.54) is 12.1 Å². The molecule has 0 saturated heterocycles. The van der Waals surface area contributed by atoms with Crippen molar-refractivity contribution in [2.45, 2.75) is 25.8 Å². The molecule has 2 N–H and O–H groups in total. The number of hydrogen-bond donors (Lipinski definition) is 1. The summed E-state index contributed by atoms with van der Waals surface area (Å²) < 4.78 is 12.8. The summed E-state index contributed by atoms with van der Waals surface area (Å²) in [4.78, 5) is 4.52. The monoisotopic (exact) mass is 250 g/mol. The van der Waals surface area contributed by atoms with E-state index >= 15 is 0 Å². The van der Waals surface area contributed by atoms with E-state index in [0.717, 1.165) is 29.1 Å². The van der Waals surface area contributed by atoms with Gasteiger partial charge < -0.3 is 5.73 Å². The van der Waals surface area contributed by atoms with Crippen LogP contribution in [0.15, 0.2) is 29.6 Å². The van der Waals surface area contributed by atoms with Crippen LogP contribution in [-0.2, 0) is 6.42 Å². The third-order valence-electron chi connectivity index (χ3n) is 2.51. The number of aryl methyl sites for hydroxylation is 1. The number of halogens is 1. The van der Waals surface area contributed by atoms with Crippen LogP contribution < -0.4 is 5.73 Å². The van der Waals surface area contributed by atoms with Crippen LogP contribution in [0.3, 0.4) is 0 Å². The van der Waals surface area contributed by atoms with Crippen molar-refractivity contribution >= 4 is 11.3 Å². The van der Waals surface area contributed by atoms with Gasteiger partial charge in [-0.15, -0.1) is 11.3 Å². The Bertz CT molecular complexity index is 476. The summed E-state index contributed by atoms with van der Waals surface area (Å²) in [7, 11) is 0. The fourth-order valence-electron chi connectivity index (χ4n) is 1.53. The van der Waals surface area contributed by atoms with Gasteiger partial charge in [0.1, 0.15) is 5.82 Å². The molecule has 1 atom stereocenters. The molecule has 1 unspecified atom stereocenters. The SMILES string of the molecule is CC(N)CCc1nc(-c2ccc(F)cc2)cs1. The summed E-state index contributed by atoms with van der Waals surface area (Å²) in [6.45, 7) is 1.99. The second-order valence-electron chi connectivity index (χ2n) is 4.15. The molecule has 4 heteroatoms. The second-order valence-corrected chi connectivity index (χ2v) is 5.09. The zero-order valence-electron chi connectivity index (χ0n) is 9.69. The highest BCUT2D eigenvalue weighted by molar-refractivity contribution is 7.09. The van der Waals surface area contributed by atoms with Crippen molar-refractivity contribution in [1.82, 2.24) is 4.98 Å². The van der Waals surface area contributed by atoms with E-state index in [2.05, 4.69) is 4.98 Å². The largest absolute Gasteiger partial charge is 0.328 e. The summed E-state index contributed by atoms with van der Waals surface area (Å²) in [6, 6.07) is 6.61. The van der Waals surface area contributed by atoms with Crippen LogP contribution in [0.25, 0.3) is 11.3 Å². The number of thiazole rings is 1. The molecule has 0 bridgehead atoms. The first-order valence-electron chi connectivity index (χ1n) is 5.61. The first-order chi connectivity index (χ1) is 8.15. The van der Waals surface area contributed by atoms with E-state index < -0.39 is 0 Å². The topological polar surface area (TPSA) is 38.9 Å². The van der Waals surface area contributed by atoms with Gasteiger partial charge in [-0.3, -0.25) is 0 Å². The normalized spacial score (nSPS) is 12.6. The molecule has 0 aliphatic heterocycles. The molecule has 0 fully saturated rings. The third kappa shape index (κ3) is 3.35. The average Bonchev–Trinajstić information content (AvgIpc) is 2.76. The smallest absolute Gasteiger partial charge is 0.123 e. The van der Waals surface area contributed by atoms with Crippen molar-refractivity contribution in [2.24, 2.45) is 5.73 Å². The van der Waals surface area contributed by atoms with Crippen molar-refractivity contribution in [3.05, 3.63) is 40.5 Å². The van der Waals surface area contributed by atoms with Gasteiger partial charge in [-0.05, 0) is 37.6 Å². The molecule has 0 amide bonds. The van der Waals surface area contributed by atoms with Crippen LogP contribution in [0, 0.1) is 5.82 Å². The number of aromatic nitrogens is 1. The predicted octanol–water partition coefficient (Wildman–Crippen LogP) is 3.23. The maximum absolute atomic E-state index is 12.8. The molecule has 2 nitrogen and oxygen atoms in total. The van der Waals surface area contributed by atoms with E-state index in [1.807, 2.05) is 12.3 Å². The Hall–Kier alpha value is -1.26. The minimum Gasteiger partial charge on any atom is -0.328 e. The molecule has 0 aliphatic carbocycles. The van der Waals surface area contributed by atoms with Crippen molar-refractivity contribution in [3.8, 4) is 11.3 Å². The molecule has 0 saturated carbocycles. The Balaban J connectivity index is 2.10. The lowest BCUT2D eigenvalue weighted by molar-refractivity contribution is 0.628. The van der Waals surface area contributed by atoms with Gasteiger partial charge in [0.25, 0.3) is 0 Å². The molecular formula is C13H15FN2S. The average molecular weight is 250 g/mol. The first kappa shape index (κ1) is 12.2. The zero-order valence-corrected chi connectivity index (χ0v) is 10.5. The van der Waals surface area contributed by atoms with E-state index in [0.29, 0.717) is 0 Å². The van der Waals surface area contributed by atoms with Gasteiger partial charge in [-0.1, -0.05) is 0 Å². The molecule has 1 aromatic heterocycles. The number of hydrogen-bond acceptors (Lipinski definition) is 3. The zero-order chi connectivity index (χ0) is 12.3. The van der Waals surface area contributed by atoms with Crippen molar-refractivity contribution < 1.29 is 4.39 Å². The Morgan fingerprint density at radius 3 is 2.71 bits per heavy atom. The second kappa shape index (κ2) is 5.38. The van der Waals surface area contributed by atoms with E-state index in [-0.39, 0.29) is 11.9 Å². The van der Waals surface area contributed by atoms with Crippen LogP contribution in [0.5, 0.6) is 0 Å². The van der Waals surface area contributed by atoms with E-state index in [1.54, 1.807) is 23.5 Å².